The van der Waals surface area contributed by atoms with Crippen LogP contribution in [0, 0.1) is 17.8 Å². The number of hydrogen-bond acceptors (Lipinski definition) is 10. The van der Waals surface area contributed by atoms with Gasteiger partial charge in [0, 0.05) is 28.7 Å². The van der Waals surface area contributed by atoms with E-state index in [0.717, 1.165) is 37.9 Å². The number of allylic oxidation sites excluding steroid dienone is 1. The minimum atomic E-state index is -2.73. The van der Waals surface area contributed by atoms with E-state index in [4.69, 9.17) is 16.2 Å². The van der Waals surface area contributed by atoms with E-state index >= 15 is 0 Å². The number of aliphatic hydroxyl groups excluding tert-OH is 2. The number of aromatic hydroxyl groups is 1. The van der Waals surface area contributed by atoms with Gasteiger partial charge < -0.3 is 36.6 Å². The number of phenolic OH excluding ortho intramolecular Hbond substituents is 1. The SMILES string of the molecule is COc1c([C@@H]2CCCN2CCC(C)C)cc(O)c2c1C[C@H]1C[C@H]3[C@H](N)C(O)=C(C(N)=O)C(=O)[C@@]3(O)C(O)=C1C2=O. The molecular weight excluding hydrogens is 518 g/mol. The highest BCUT2D eigenvalue weighted by molar-refractivity contribution is 6.24. The van der Waals surface area contributed by atoms with E-state index < -0.39 is 58.0 Å². The van der Waals surface area contributed by atoms with Gasteiger partial charge in [0.2, 0.25) is 5.78 Å². The number of carbonyl (C=O) groups excluding carboxylic acids is 3. The molecule has 11 nitrogen and oxygen atoms in total. The molecule has 3 aliphatic carbocycles. The number of carbonyl (C=O) groups is 3. The maximum absolute atomic E-state index is 13.9. The Bertz CT molecular complexity index is 1370. The number of phenols is 1. The van der Waals surface area contributed by atoms with Gasteiger partial charge in [0.15, 0.2) is 11.4 Å². The number of nitrogens with zero attached hydrogens (tertiary/aromatic N) is 1. The molecular formula is C29H37N3O8. The third-order valence-electron chi connectivity index (χ3n) is 9.15. The lowest BCUT2D eigenvalue weighted by Gasteiger charge is -2.47. The first-order chi connectivity index (χ1) is 18.8. The van der Waals surface area contributed by atoms with Crippen molar-refractivity contribution >= 4 is 17.5 Å². The van der Waals surface area contributed by atoms with Gasteiger partial charge in [-0.3, -0.25) is 19.3 Å². The van der Waals surface area contributed by atoms with Gasteiger partial charge in [-0.25, -0.2) is 0 Å². The number of amides is 1. The normalized spacial score (nSPS) is 30.4. The van der Waals surface area contributed by atoms with E-state index in [0.29, 0.717) is 17.2 Å². The van der Waals surface area contributed by atoms with Crippen LogP contribution in [0.5, 0.6) is 11.5 Å². The fourth-order valence-electron chi connectivity index (χ4n) is 7.15. The summed E-state index contributed by atoms with van der Waals surface area (Å²) >= 11 is 0. The number of rotatable bonds is 6. The molecule has 5 rings (SSSR count). The van der Waals surface area contributed by atoms with Gasteiger partial charge in [-0.05, 0) is 63.1 Å². The molecule has 1 fully saturated rings. The molecule has 0 bridgehead atoms. The van der Waals surface area contributed by atoms with Gasteiger partial charge in [-0.2, -0.15) is 0 Å². The van der Waals surface area contributed by atoms with Gasteiger partial charge in [0.05, 0.1) is 18.7 Å². The Labute approximate surface area is 232 Å². The van der Waals surface area contributed by atoms with E-state index in [-0.39, 0.29) is 35.8 Å². The van der Waals surface area contributed by atoms with Crippen molar-refractivity contribution in [3.63, 3.8) is 0 Å². The van der Waals surface area contributed by atoms with Crippen molar-refractivity contribution in [2.75, 3.05) is 20.2 Å². The van der Waals surface area contributed by atoms with Crippen LogP contribution in [0.3, 0.4) is 0 Å². The number of aliphatic hydroxyl groups is 3. The van der Waals surface area contributed by atoms with Crippen LogP contribution in [0.1, 0.15) is 67.1 Å². The number of nitrogens with two attached hydrogens (primary N) is 2. The molecule has 0 aromatic heterocycles. The fraction of sp³-hybridized carbons (Fsp3) is 0.552. The first kappa shape index (κ1) is 28.1. The Balaban J connectivity index is 1.62. The summed E-state index contributed by atoms with van der Waals surface area (Å²) in [7, 11) is 1.51. The maximum atomic E-state index is 13.9. The summed E-state index contributed by atoms with van der Waals surface area (Å²) in [6, 6.07) is 0.153. The molecule has 4 aliphatic rings. The monoisotopic (exact) mass is 555 g/mol. The summed E-state index contributed by atoms with van der Waals surface area (Å²) in [6.07, 6.45) is 2.98. The van der Waals surface area contributed by atoms with Crippen molar-refractivity contribution in [3.05, 3.63) is 45.4 Å². The molecule has 0 spiro atoms. The molecule has 0 unspecified atom stereocenters. The van der Waals surface area contributed by atoms with Crippen molar-refractivity contribution < 1.29 is 39.5 Å². The van der Waals surface area contributed by atoms with Crippen molar-refractivity contribution in [2.45, 2.75) is 63.6 Å². The first-order valence-electron chi connectivity index (χ1n) is 13.7. The first-order valence-corrected chi connectivity index (χ1v) is 13.7. The molecule has 11 heteroatoms. The lowest BCUT2D eigenvalue weighted by Crippen LogP contribution is -2.63. The molecule has 5 atom stereocenters. The second-order valence-electron chi connectivity index (χ2n) is 11.8. The van der Waals surface area contributed by atoms with E-state index in [9.17, 15) is 34.8 Å². The molecule has 1 aliphatic heterocycles. The Morgan fingerprint density at radius 2 is 1.95 bits per heavy atom. The number of benzene rings is 1. The van der Waals surface area contributed by atoms with Gasteiger partial charge in [-0.15, -0.1) is 0 Å². The van der Waals surface area contributed by atoms with Crippen LogP contribution < -0.4 is 16.2 Å². The summed E-state index contributed by atoms with van der Waals surface area (Å²) in [4.78, 5) is 41.3. The molecule has 1 amide bonds. The second kappa shape index (κ2) is 9.90. The van der Waals surface area contributed by atoms with E-state index in [1.54, 1.807) is 6.07 Å². The average molecular weight is 556 g/mol. The topological polar surface area (TPSA) is 197 Å². The van der Waals surface area contributed by atoms with Crippen LogP contribution in [-0.2, 0) is 16.0 Å². The van der Waals surface area contributed by atoms with Crippen molar-refractivity contribution in [1.82, 2.24) is 4.90 Å². The zero-order chi connectivity index (χ0) is 29.3. The van der Waals surface area contributed by atoms with E-state index in [2.05, 4.69) is 18.7 Å². The van der Waals surface area contributed by atoms with E-state index in [1.807, 2.05) is 0 Å². The summed E-state index contributed by atoms with van der Waals surface area (Å²) in [5, 5.41) is 44.4. The third kappa shape index (κ3) is 3.93. The van der Waals surface area contributed by atoms with Crippen molar-refractivity contribution in [3.8, 4) is 11.5 Å². The Morgan fingerprint density at radius 1 is 1.25 bits per heavy atom. The number of methoxy groups -OCH3 is 1. The molecule has 216 valence electrons. The van der Waals surface area contributed by atoms with Crippen molar-refractivity contribution in [2.24, 2.45) is 29.2 Å². The smallest absolute Gasteiger partial charge is 0.255 e. The Morgan fingerprint density at radius 3 is 2.58 bits per heavy atom. The van der Waals surface area contributed by atoms with E-state index in [1.165, 1.54) is 7.11 Å². The average Bonchev–Trinajstić information content (AvgIpc) is 3.36. The van der Waals surface area contributed by atoms with Crippen LogP contribution in [0.2, 0.25) is 0 Å². The lowest BCUT2D eigenvalue weighted by atomic mass is 9.59. The van der Waals surface area contributed by atoms with Gasteiger partial charge >= 0.3 is 0 Å². The highest BCUT2D eigenvalue weighted by atomic mass is 16.5. The quantitative estimate of drug-likeness (QED) is 0.281. The Kier molecular flexibility index (Phi) is 6.96. The predicted octanol–water partition coefficient (Wildman–Crippen LogP) is 1.71. The molecule has 40 heavy (non-hydrogen) atoms. The summed E-state index contributed by atoms with van der Waals surface area (Å²) in [5.74, 6) is -6.24. The fourth-order valence-corrected chi connectivity index (χ4v) is 7.15. The molecule has 8 N–H and O–H groups in total. The summed E-state index contributed by atoms with van der Waals surface area (Å²) < 4.78 is 5.87. The predicted molar refractivity (Wildman–Crippen MR) is 144 cm³/mol. The van der Waals surface area contributed by atoms with Crippen LogP contribution in [0.15, 0.2) is 28.7 Å². The number of ketones is 2. The highest BCUT2D eigenvalue weighted by Crippen LogP contribution is 2.53. The molecule has 1 aromatic rings. The minimum absolute atomic E-state index is 0.000449. The minimum Gasteiger partial charge on any atom is -0.510 e. The summed E-state index contributed by atoms with van der Waals surface area (Å²) in [6.45, 7) is 6.15. The van der Waals surface area contributed by atoms with Gasteiger partial charge in [-0.1, -0.05) is 13.8 Å². The largest absolute Gasteiger partial charge is 0.510 e. The summed E-state index contributed by atoms with van der Waals surface area (Å²) in [5.41, 5.74) is 8.76. The number of fused-ring (bicyclic) bond motifs is 3. The molecule has 0 saturated carbocycles. The van der Waals surface area contributed by atoms with Gasteiger partial charge in [0.1, 0.15) is 28.6 Å². The zero-order valence-corrected chi connectivity index (χ0v) is 22.9. The molecule has 1 heterocycles. The van der Waals surface area contributed by atoms with Crippen LogP contribution in [0.4, 0.5) is 0 Å². The zero-order valence-electron chi connectivity index (χ0n) is 22.9. The van der Waals surface area contributed by atoms with Crippen LogP contribution in [-0.4, -0.2) is 74.6 Å². The molecule has 1 aromatic carbocycles. The maximum Gasteiger partial charge on any atom is 0.255 e. The number of likely N-dealkylation sites (tertiary alicyclic amines) is 1. The standard InChI is InChI=1S/C29H37N3O8/c1-12(2)6-8-32-7-4-5-17(32)14-11-18(33)20-15(25(14)40-3)9-13-10-16-22(30)24(35)21(28(31)38)27(37)29(16,39)26(36)19(13)23(20)34/h11-13,16-17,22,33,35-36,39H,4-10,30H2,1-3H3,(H2,31,38)/t13-,16-,17-,22-,29-/m0/s1. The van der Waals surface area contributed by atoms with Crippen molar-refractivity contribution in [1.29, 1.82) is 0 Å². The number of primary amides is 1. The second-order valence-corrected chi connectivity index (χ2v) is 11.8. The Hall–Kier alpha value is -3.41. The van der Waals surface area contributed by atoms with Gasteiger partial charge in [0.25, 0.3) is 5.91 Å². The lowest BCUT2D eigenvalue weighted by molar-refractivity contribution is -0.145. The highest BCUT2D eigenvalue weighted by Gasteiger charge is 2.62. The number of hydrogen-bond donors (Lipinski definition) is 6. The van der Waals surface area contributed by atoms with Crippen LogP contribution >= 0.6 is 0 Å². The molecule has 1 saturated heterocycles. The molecule has 0 radical (unpaired) electrons. The third-order valence-corrected chi connectivity index (χ3v) is 9.15. The number of Topliss-reactive ketones (excluding diaryl/α,β-unsaturated/α-hetero) is 2. The van der Waals surface area contributed by atoms with Crippen LogP contribution in [0.25, 0.3) is 0 Å². The number of ether oxygens (including phenoxy) is 1.